The first-order valence-electron chi connectivity index (χ1n) is 7.49. The van der Waals surface area contributed by atoms with Gasteiger partial charge in [-0.05, 0) is 26.7 Å². The minimum Gasteiger partial charge on any atom is -0.421 e. The van der Waals surface area contributed by atoms with Gasteiger partial charge in [-0.3, -0.25) is 0 Å². The van der Waals surface area contributed by atoms with Crippen LogP contribution in [-0.2, 0) is 14.8 Å². The molecule has 2 aromatic heterocycles. The molecule has 0 saturated carbocycles. The van der Waals surface area contributed by atoms with Crippen LogP contribution in [0.25, 0.3) is 11.5 Å². The topological polar surface area (TPSA) is 110 Å². The van der Waals surface area contributed by atoms with E-state index in [1.807, 2.05) is 0 Å². The Balaban J connectivity index is 1.94. The van der Waals surface area contributed by atoms with Crippen molar-refractivity contribution in [3.63, 3.8) is 0 Å². The molecule has 126 valence electrons. The van der Waals surface area contributed by atoms with Gasteiger partial charge in [0.2, 0.25) is 15.9 Å². The van der Waals surface area contributed by atoms with Gasteiger partial charge in [0.1, 0.15) is 4.90 Å². The first-order valence-corrected chi connectivity index (χ1v) is 8.97. The zero-order chi connectivity index (χ0) is 16.6. The van der Waals surface area contributed by atoms with E-state index in [1.165, 1.54) is 0 Å². The monoisotopic (exact) mass is 340 g/mol. The van der Waals surface area contributed by atoms with Crippen LogP contribution in [0.1, 0.15) is 30.1 Å². The maximum Gasteiger partial charge on any atom is 0.250 e. The van der Waals surface area contributed by atoms with E-state index in [9.17, 15) is 8.42 Å². The Morgan fingerprint density at radius 3 is 2.65 bits per heavy atom. The molecule has 0 amide bonds. The summed E-state index contributed by atoms with van der Waals surface area (Å²) < 4.78 is 39.0. The van der Waals surface area contributed by atoms with Crippen molar-refractivity contribution >= 4 is 10.0 Å². The van der Waals surface area contributed by atoms with Crippen molar-refractivity contribution in [1.29, 1.82) is 0 Å². The number of ether oxygens (including phenoxy) is 1. The van der Waals surface area contributed by atoms with E-state index < -0.39 is 10.0 Å². The van der Waals surface area contributed by atoms with Gasteiger partial charge in [-0.1, -0.05) is 0 Å². The highest BCUT2D eigenvalue weighted by molar-refractivity contribution is 7.89. The van der Waals surface area contributed by atoms with Crippen LogP contribution in [-0.4, -0.2) is 42.9 Å². The van der Waals surface area contributed by atoms with Gasteiger partial charge in [0.15, 0.2) is 0 Å². The Kier molecular flexibility index (Phi) is 4.26. The highest BCUT2D eigenvalue weighted by Gasteiger charge is 2.29. The zero-order valence-corrected chi connectivity index (χ0v) is 14.2. The molecule has 2 aromatic rings. The maximum atomic E-state index is 12.7. The summed E-state index contributed by atoms with van der Waals surface area (Å²) in [6.07, 6.45) is 1.75. The summed E-state index contributed by atoms with van der Waals surface area (Å²) in [5.41, 5.74) is 1.62. The second-order valence-corrected chi connectivity index (χ2v) is 7.40. The van der Waals surface area contributed by atoms with E-state index in [1.54, 1.807) is 20.8 Å². The van der Waals surface area contributed by atoms with E-state index in [-0.39, 0.29) is 23.4 Å². The van der Waals surface area contributed by atoms with E-state index in [4.69, 9.17) is 9.15 Å². The van der Waals surface area contributed by atoms with Crippen LogP contribution in [0.3, 0.4) is 0 Å². The van der Waals surface area contributed by atoms with Gasteiger partial charge in [-0.2, -0.15) is 0 Å². The summed E-state index contributed by atoms with van der Waals surface area (Å²) in [5, 5.41) is 7.73. The minimum atomic E-state index is -3.72. The fraction of sp³-hybridized carbons (Fsp3) is 0.571. The number of sulfonamides is 1. The lowest BCUT2D eigenvalue weighted by atomic mass is 10.2. The Hall–Kier alpha value is -1.71. The van der Waals surface area contributed by atoms with Crippen LogP contribution in [0, 0.1) is 20.8 Å². The van der Waals surface area contributed by atoms with E-state index in [2.05, 4.69) is 19.9 Å². The molecule has 0 aliphatic carbocycles. The van der Waals surface area contributed by atoms with Gasteiger partial charge in [-0.25, -0.2) is 13.1 Å². The van der Waals surface area contributed by atoms with Crippen molar-refractivity contribution in [2.45, 2.75) is 44.6 Å². The normalized spacial score (nSPS) is 18.7. The average molecular weight is 340 g/mol. The van der Waals surface area contributed by atoms with E-state index >= 15 is 0 Å². The van der Waals surface area contributed by atoms with Gasteiger partial charge in [0.25, 0.3) is 5.89 Å². The van der Waals surface area contributed by atoms with Crippen LogP contribution in [0.2, 0.25) is 0 Å². The van der Waals surface area contributed by atoms with E-state index in [0.717, 1.165) is 12.8 Å². The molecule has 8 nitrogen and oxygen atoms in total. The number of aromatic nitrogens is 3. The number of nitrogens with zero attached hydrogens (tertiary/aromatic N) is 2. The van der Waals surface area contributed by atoms with Crippen molar-refractivity contribution in [2.75, 3.05) is 13.2 Å². The molecule has 0 radical (unpaired) electrons. The molecular weight excluding hydrogens is 320 g/mol. The second kappa shape index (κ2) is 6.06. The first-order chi connectivity index (χ1) is 10.9. The third-order valence-electron chi connectivity index (χ3n) is 3.85. The molecule has 1 atom stereocenters. The highest BCUT2D eigenvalue weighted by atomic mass is 32.2. The molecule has 1 aliphatic rings. The molecule has 1 fully saturated rings. The van der Waals surface area contributed by atoms with Crippen molar-refractivity contribution in [1.82, 2.24) is 19.9 Å². The van der Waals surface area contributed by atoms with Crippen molar-refractivity contribution in [3.05, 3.63) is 17.3 Å². The highest BCUT2D eigenvalue weighted by Crippen LogP contribution is 2.32. The third kappa shape index (κ3) is 3.17. The molecule has 2 N–H and O–H groups in total. The fourth-order valence-electron chi connectivity index (χ4n) is 2.83. The summed E-state index contributed by atoms with van der Waals surface area (Å²) in [4.78, 5) is 3.19. The van der Waals surface area contributed by atoms with Crippen LogP contribution < -0.4 is 4.72 Å². The lowest BCUT2D eigenvalue weighted by Crippen LogP contribution is -2.32. The van der Waals surface area contributed by atoms with Gasteiger partial charge in [-0.15, -0.1) is 10.2 Å². The van der Waals surface area contributed by atoms with Crippen molar-refractivity contribution in [3.8, 4) is 11.5 Å². The molecular formula is C14H20N4O4S. The van der Waals surface area contributed by atoms with Crippen LogP contribution in [0.15, 0.2) is 9.31 Å². The molecule has 1 saturated heterocycles. The molecule has 0 spiro atoms. The van der Waals surface area contributed by atoms with Gasteiger partial charge in [0.05, 0.1) is 11.7 Å². The van der Waals surface area contributed by atoms with Crippen LogP contribution >= 0.6 is 0 Å². The molecule has 0 unspecified atom stereocenters. The predicted molar refractivity (Wildman–Crippen MR) is 82.5 cm³/mol. The van der Waals surface area contributed by atoms with Gasteiger partial charge >= 0.3 is 0 Å². The summed E-state index contributed by atoms with van der Waals surface area (Å²) in [6, 6.07) is 0. The molecule has 3 heterocycles. The average Bonchev–Trinajstić information content (AvgIpc) is 3.17. The third-order valence-corrected chi connectivity index (χ3v) is 5.45. The number of hydrogen-bond donors (Lipinski definition) is 2. The lowest BCUT2D eigenvalue weighted by Gasteiger charge is -2.12. The van der Waals surface area contributed by atoms with Crippen molar-refractivity contribution in [2.24, 2.45) is 0 Å². The zero-order valence-electron chi connectivity index (χ0n) is 13.3. The molecule has 9 heteroatoms. The molecule has 0 bridgehead atoms. The fourth-order valence-corrected chi connectivity index (χ4v) is 4.34. The maximum absolute atomic E-state index is 12.7. The number of aryl methyl sites for hydroxylation is 3. The largest absolute Gasteiger partial charge is 0.421 e. The predicted octanol–water partition coefficient (Wildman–Crippen LogP) is 1.45. The smallest absolute Gasteiger partial charge is 0.250 e. The second-order valence-electron chi connectivity index (χ2n) is 5.69. The van der Waals surface area contributed by atoms with Crippen molar-refractivity contribution < 1.29 is 17.6 Å². The minimum absolute atomic E-state index is 0.0702. The first kappa shape index (κ1) is 16.2. The standard InChI is InChI=1S/C14H20N4O4S/c1-8-12(14-18-17-10(3)22-14)13(9(2)16-8)23(19,20)15-7-11-5-4-6-21-11/h11,15-16H,4-7H2,1-3H3/t11-/m0/s1. The number of H-pyrrole nitrogens is 1. The number of nitrogens with one attached hydrogen (secondary N) is 2. The Bertz CT molecular complexity index is 803. The molecule has 3 rings (SSSR count). The van der Waals surface area contributed by atoms with Gasteiger partial charge < -0.3 is 14.1 Å². The molecule has 0 aromatic carbocycles. The van der Waals surface area contributed by atoms with Gasteiger partial charge in [0, 0.05) is 31.5 Å². The Morgan fingerprint density at radius 2 is 2.04 bits per heavy atom. The molecule has 23 heavy (non-hydrogen) atoms. The number of aromatic amines is 1. The SMILES string of the molecule is Cc1nnc(-c2c(C)[nH]c(C)c2S(=O)(=O)NC[C@@H]2CCCO2)o1. The van der Waals surface area contributed by atoms with E-state index in [0.29, 0.717) is 29.4 Å². The summed E-state index contributed by atoms with van der Waals surface area (Å²) in [6.45, 7) is 6.09. The number of hydrogen-bond acceptors (Lipinski definition) is 6. The Morgan fingerprint density at radius 1 is 1.26 bits per heavy atom. The lowest BCUT2D eigenvalue weighted by molar-refractivity contribution is 0.114. The summed E-state index contributed by atoms with van der Waals surface area (Å²) in [7, 11) is -3.72. The quantitative estimate of drug-likeness (QED) is 0.852. The van der Waals surface area contributed by atoms with Crippen LogP contribution in [0.4, 0.5) is 0 Å². The Labute approximate surface area is 134 Å². The number of rotatable bonds is 5. The summed E-state index contributed by atoms with van der Waals surface area (Å²) in [5.74, 6) is 0.579. The van der Waals surface area contributed by atoms with Crippen LogP contribution in [0.5, 0.6) is 0 Å². The summed E-state index contributed by atoms with van der Waals surface area (Å²) >= 11 is 0. The molecule has 1 aliphatic heterocycles.